The first-order valence-electron chi connectivity index (χ1n) is 10.5. The Hall–Kier alpha value is -2.39. The van der Waals surface area contributed by atoms with E-state index in [4.69, 9.17) is 9.47 Å². The van der Waals surface area contributed by atoms with Crippen LogP contribution in [0.2, 0.25) is 0 Å². The predicted octanol–water partition coefficient (Wildman–Crippen LogP) is 1.63. The summed E-state index contributed by atoms with van der Waals surface area (Å²) in [6.45, 7) is 5.79. The molecule has 1 saturated heterocycles. The normalized spacial score (nSPS) is 26.3. The number of amides is 2. The number of hydrogen-bond donors (Lipinski definition) is 4. The van der Waals surface area contributed by atoms with Crippen molar-refractivity contribution in [2.45, 2.75) is 76.7 Å². The van der Waals surface area contributed by atoms with Crippen LogP contribution in [-0.4, -0.2) is 47.9 Å². The molecule has 0 aromatic carbocycles. The summed E-state index contributed by atoms with van der Waals surface area (Å²) >= 11 is 0. The fourth-order valence-corrected chi connectivity index (χ4v) is 3.98. The maximum atomic E-state index is 12.3. The van der Waals surface area contributed by atoms with Crippen LogP contribution in [0.1, 0.15) is 52.0 Å². The molecule has 3 rings (SSSR count). The smallest absolute Gasteiger partial charge is 0.407 e. The molecule has 0 spiro atoms. The molecule has 1 saturated carbocycles. The Morgan fingerprint density at radius 2 is 2.00 bits per heavy atom. The number of hydrazine groups is 1. The number of carbonyl (C=O) groups excluding carboxylic acids is 2. The monoisotopic (exact) mass is 419 g/mol. The molecule has 1 aromatic rings. The third-order valence-electron chi connectivity index (χ3n) is 5.38. The number of hydrogen-bond acceptors (Lipinski definition) is 7. The van der Waals surface area contributed by atoms with E-state index in [0.29, 0.717) is 11.8 Å². The van der Waals surface area contributed by atoms with E-state index in [1.807, 2.05) is 26.8 Å². The second kappa shape index (κ2) is 9.61. The zero-order valence-electron chi connectivity index (χ0n) is 18.2. The third-order valence-corrected chi connectivity index (χ3v) is 5.38. The van der Waals surface area contributed by atoms with E-state index < -0.39 is 0 Å². The number of methoxy groups -OCH3 is 1. The van der Waals surface area contributed by atoms with Crippen molar-refractivity contribution in [1.29, 1.82) is 0 Å². The maximum absolute atomic E-state index is 12.3. The van der Waals surface area contributed by atoms with E-state index in [-0.39, 0.29) is 42.3 Å². The van der Waals surface area contributed by atoms with Crippen molar-refractivity contribution >= 4 is 12.0 Å². The zero-order chi connectivity index (χ0) is 21.7. The Kier molecular flexibility index (Phi) is 7.14. The number of alkyl carbamates (subject to hydrolysis) is 1. The van der Waals surface area contributed by atoms with Crippen LogP contribution in [-0.2, 0) is 16.0 Å². The van der Waals surface area contributed by atoms with Crippen LogP contribution in [0.5, 0.6) is 5.88 Å². The molecule has 30 heavy (non-hydrogen) atoms. The minimum absolute atomic E-state index is 0.0598. The second-order valence-electron chi connectivity index (χ2n) is 9.11. The van der Waals surface area contributed by atoms with E-state index >= 15 is 0 Å². The highest BCUT2D eigenvalue weighted by Gasteiger charge is 2.37. The van der Waals surface area contributed by atoms with Gasteiger partial charge in [-0.3, -0.25) is 10.2 Å². The molecule has 0 radical (unpaired) electrons. The highest BCUT2D eigenvalue weighted by atomic mass is 16.6. The van der Waals surface area contributed by atoms with Gasteiger partial charge in [0.15, 0.2) is 0 Å². The summed E-state index contributed by atoms with van der Waals surface area (Å²) in [5, 5.41) is 5.85. The molecule has 4 N–H and O–H groups in total. The topological polar surface area (TPSA) is 114 Å². The van der Waals surface area contributed by atoms with E-state index in [1.165, 1.54) is 0 Å². The molecule has 1 aliphatic carbocycles. The Balaban J connectivity index is 1.39. The van der Waals surface area contributed by atoms with Gasteiger partial charge in [-0.15, -0.1) is 0 Å². The Bertz CT molecular complexity index is 734. The van der Waals surface area contributed by atoms with Gasteiger partial charge in [-0.25, -0.2) is 15.2 Å². The zero-order valence-corrected chi connectivity index (χ0v) is 18.2. The molecule has 2 amide bonds. The average Bonchev–Trinajstić information content (AvgIpc) is 3.30. The Morgan fingerprint density at radius 3 is 2.67 bits per heavy atom. The molecule has 9 nitrogen and oxygen atoms in total. The molecule has 1 aliphatic heterocycles. The molecule has 2 aliphatic rings. The van der Waals surface area contributed by atoms with Gasteiger partial charge in [0.05, 0.1) is 19.7 Å². The van der Waals surface area contributed by atoms with Crippen LogP contribution in [0.4, 0.5) is 4.79 Å². The van der Waals surface area contributed by atoms with Gasteiger partial charge in [-0.05, 0) is 57.9 Å². The van der Waals surface area contributed by atoms with Gasteiger partial charge < -0.3 is 20.1 Å². The van der Waals surface area contributed by atoms with Crippen LogP contribution in [0, 0.1) is 5.92 Å². The quantitative estimate of drug-likeness (QED) is 0.554. The van der Waals surface area contributed by atoms with Crippen LogP contribution >= 0.6 is 0 Å². The first-order chi connectivity index (χ1) is 14.2. The van der Waals surface area contributed by atoms with Crippen molar-refractivity contribution in [1.82, 2.24) is 26.5 Å². The molecule has 9 heteroatoms. The molecule has 2 heterocycles. The summed E-state index contributed by atoms with van der Waals surface area (Å²) in [6.07, 6.45) is 4.84. The maximum Gasteiger partial charge on any atom is 0.407 e. The number of nitrogens with one attached hydrogen (secondary N) is 4. The lowest BCUT2D eigenvalue weighted by atomic mass is 9.96. The highest BCUT2D eigenvalue weighted by molar-refractivity contribution is 5.78. The lowest BCUT2D eigenvalue weighted by molar-refractivity contribution is -0.121. The van der Waals surface area contributed by atoms with Crippen LogP contribution < -0.4 is 26.2 Å². The third kappa shape index (κ3) is 6.56. The Labute approximate surface area is 177 Å². The van der Waals surface area contributed by atoms with Crippen LogP contribution in [0.25, 0.3) is 0 Å². The van der Waals surface area contributed by atoms with Gasteiger partial charge in [0, 0.05) is 23.8 Å². The van der Waals surface area contributed by atoms with Gasteiger partial charge in [0.1, 0.15) is 6.10 Å². The predicted molar refractivity (Wildman–Crippen MR) is 112 cm³/mol. The van der Waals surface area contributed by atoms with Crippen molar-refractivity contribution in [3.8, 4) is 5.88 Å². The Morgan fingerprint density at radius 1 is 1.20 bits per heavy atom. The molecule has 1 aromatic heterocycles. The molecule has 4 atom stereocenters. The van der Waals surface area contributed by atoms with Crippen molar-refractivity contribution in [3.63, 3.8) is 0 Å². The molecule has 2 fully saturated rings. The minimum Gasteiger partial charge on any atom is -0.481 e. The summed E-state index contributed by atoms with van der Waals surface area (Å²) < 4.78 is 10.6. The SMILES string of the molecule is COc1ccc(CC(=O)NC2CC([C@H]3CC[C@@H](OC(=O)NC(C)(C)C)C3)NN2)cn1. The van der Waals surface area contributed by atoms with Crippen molar-refractivity contribution in [2.24, 2.45) is 5.92 Å². The highest BCUT2D eigenvalue weighted by Crippen LogP contribution is 2.33. The molecule has 0 bridgehead atoms. The lowest BCUT2D eigenvalue weighted by Gasteiger charge is -2.22. The van der Waals surface area contributed by atoms with E-state index in [0.717, 1.165) is 31.2 Å². The molecular weight excluding hydrogens is 386 g/mol. The first kappa shape index (κ1) is 22.3. The second-order valence-corrected chi connectivity index (χ2v) is 9.11. The van der Waals surface area contributed by atoms with Gasteiger partial charge in [-0.2, -0.15) is 0 Å². The number of pyridine rings is 1. The van der Waals surface area contributed by atoms with Gasteiger partial charge in [0.25, 0.3) is 0 Å². The van der Waals surface area contributed by atoms with Crippen molar-refractivity contribution < 1.29 is 19.1 Å². The minimum atomic E-state index is -0.358. The molecular formula is C21H33N5O4. The average molecular weight is 420 g/mol. The number of ether oxygens (including phenoxy) is 2. The van der Waals surface area contributed by atoms with Gasteiger partial charge in [-0.1, -0.05) is 6.07 Å². The van der Waals surface area contributed by atoms with E-state index in [9.17, 15) is 9.59 Å². The fourth-order valence-electron chi connectivity index (χ4n) is 3.98. The van der Waals surface area contributed by atoms with Crippen LogP contribution in [0.3, 0.4) is 0 Å². The first-order valence-corrected chi connectivity index (χ1v) is 10.5. The molecule has 166 valence electrons. The summed E-state index contributed by atoms with van der Waals surface area (Å²) in [5.41, 5.74) is 6.99. The number of carbonyl (C=O) groups is 2. The van der Waals surface area contributed by atoms with Gasteiger partial charge in [0.2, 0.25) is 11.8 Å². The van der Waals surface area contributed by atoms with E-state index in [1.54, 1.807) is 19.4 Å². The summed E-state index contributed by atoms with van der Waals surface area (Å²) in [7, 11) is 1.56. The number of rotatable bonds is 6. The van der Waals surface area contributed by atoms with Crippen LogP contribution in [0.15, 0.2) is 18.3 Å². The number of aromatic nitrogens is 1. The largest absolute Gasteiger partial charge is 0.481 e. The summed E-state index contributed by atoms with van der Waals surface area (Å²) in [6, 6.07) is 3.81. The molecule has 2 unspecified atom stereocenters. The number of nitrogens with zero attached hydrogens (tertiary/aromatic N) is 1. The van der Waals surface area contributed by atoms with Crippen molar-refractivity contribution in [3.05, 3.63) is 23.9 Å². The van der Waals surface area contributed by atoms with Gasteiger partial charge >= 0.3 is 6.09 Å². The summed E-state index contributed by atoms with van der Waals surface area (Å²) in [5.74, 6) is 0.865. The van der Waals surface area contributed by atoms with E-state index in [2.05, 4.69) is 26.5 Å². The fraction of sp³-hybridized carbons (Fsp3) is 0.667. The van der Waals surface area contributed by atoms with Crippen molar-refractivity contribution in [2.75, 3.05) is 7.11 Å². The summed E-state index contributed by atoms with van der Waals surface area (Å²) in [4.78, 5) is 28.4. The lowest BCUT2D eigenvalue weighted by Crippen LogP contribution is -2.45. The standard InChI is InChI=1S/C21H33N5O4/c1-21(2,3)24-20(28)30-15-7-6-14(10-15)16-11-17(26-25-16)23-18(27)9-13-5-8-19(29-4)22-12-13/h5,8,12,14-17,25-26H,6-7,9-11H2,1-4H3,(H,23,27)(H,24,28)/t14-,15+,16?,17?/m0/s1.